The molecule has 1 amide bonds. The minimum atomic E-state index is -3.73. The summed E-state index contributed by atoms with van der Waals surface area (Å²) in [4.78, 5) is 12.2. The quantitative estimate of drug-likeness (QED) is 0.799. The van der Waals surface area contributed by atoms with Crippen LogP contribution in [0.25, 0.3) is 0 Å². The Morgan fingerprint density at radius 3 is 2.44 bits per heavy atom. The second-order valence-electron chi connectivity index (χ2n) is 7.28. The highest BCUT2D eigenvalue weighted by Gasteiger charge is 2.35. The van der Waals surface area contributed by atoms with Crippen LogP contribution >= 0.6 is 0 Å². The monoisotopic (exact) mass is 388 g/mol. The third-order valence-electron chi connectivity index (χ3n) is 5.12. The van der Waals surface area contributed by atoms with E-state index in [1.54, 1.807) is 30.3 Å². The molecule has 0 heterocycles. The van der Waals surface area contributed by atoms with E-state index in [1.807, 2.05) is 0 Å². The molecule has 4 rings (SSSR count). The maximum absolute atomic E-state index is 13.8. The molecule has 0 saturated heterocycles. The van der Waals surface area contributed by atoms with Gasteiger partial charge in [-0.15, -0.1) is 0 Å². The van der Waals surface area contributed by atoms with Crippen molar-refractivity contribution < 1.29 is 17.6 Å². The summed E-state index contributed by atoms with van der Waals surface area (Å²) in [6, 6.07) is 12.6. The summed E-state index contributed by atoms with van der Waals surface area (Å²) in [5, 5.41) is 2.85. The number of benzene rings is 2. The van der Waals surface area contributed by atoms with Crippen LogP contribution in [0.4, 0.5) is 4.39 Å². The number of sulfonamides is 1. The molecule has 0 atom stereocenters. The molecule has 0 unspecified atom stereocenters. The molecule has 2 aromatic carbocycles. The average molecular weight is 388 g/mol. The molecule has 7 heteroatoms. The van der Waals surface area contributed by atoms with Crippen LogP contribution in [0.15, 0.2) is 53.4 Å². The van der Waals surface area contributed by atoms with Gasteiger partial charge in [0, 0.05) is 17.6 Å². The second kappa shape index (κ2) is 7.05. The summed E-state index contributed by atoms with van der Waals surface area (Å²) in [6.07, 6.45) is 3.05. The molecule has 142 valence electrons. The molecule has 2 aromatic rings. The zero-order valence-electron chi connectivity index (χ0n) is 14.7. The summed E-state index contributed by atoms with van der Waals surface area (Å²) >= 11 is 0. The van der Waals surface area contributed by atoms with E-state index in [0.717, 1.165) is 12.8 Å². The summed E-state index contributed by atoms with van der Waals surface area (Å²) in [5.74, 6) is -0.481. The van der Waals surface area contributed by atoms with Gasteiger partial charge in [-0.1, -0.05) is 24.3 Å². The molecule has 2 aliphatic rings. The van der Waals surface area contributed by atoms with Crippen LogP contribution in [-0.2, 0) is 10.0 Å². The van der Waals surface area contributed by atoms with Crippen molar-refractivity contribution in [1.82, 2.24) is 10.0 Å². The van der Waals surface area contributed by atoms with Gasteiger partial charge < -0.3 is 5.32 Å². The fourth-order valence-electron chi connectivity index (χ4n) is 3.36. The molecule has 2 saturated carbocycles. The number of hydrogen-bond donors (Lipinski definition) is 2. The van der Waals surface area contributed by atoms with Gasteiger partial charge >= 0.3 is 0 Å². The van der Waals surface area contributed by atoms with E-state index in [2.05, 4.69) is 10.0 Å². The minimum Gasteiger partial charge on any atom is -0.349 e. The normalized spacial score (nSPS) is 22.1. The van der Waals surface area contributed by atoms with Gasteiger partial charge in [0.25, 0.3) is 5.91 Å². The van der Waals surface area contributed by atoms with Gasteiger partial charge in [0.05, 0.1) is 4.90 Å². The van der Waals surface area contributed by atoms with Crippen molar-refractivity contribution in [2.24, 2.45) is 0 Å². The fraction of sp³-hybridized carbons (Fsp3) is 0.350. The summed E-state index contributed by atoms with van der Waals surface area (Å²) in [5.41, 5.74) is 0.967. The lowest BCUT2D eigenvalue weighted by Crippen LogP contribution is -2.43. The van der Waals surface area contributed by atoms with Gasteiger partial charge in [-0.05, 0) is 61.4 Å². The molecular weight excluding hydrogens is 367 g/mol. The Balaban J connectivity index is 1.41. The largest absolute Gasteiger partial charge is 0.349 e. The highest BCUT2D eigenvalue weighted by atomic mass is 32.2. The first kappa shape index (κ1) is 18.1. The van der Waals surface area contributed by atoms with Crippen LogP contribution in [0.3, 0.4) is 0 Å². The van der Waals surface area contributed by atoms with Crippen LogP contribution in [0, 0.1) is 5.82 Å². The molecule has 27 heavy (non-hydrogen) atoms. The Kier molecular flexibility index (Phi) is 4.74. The average Bonchev–Trinajstić information content (AvgIpc) is 3.43. The van der Waals surface area contributed by atoms with E-state index in [1.165, 1.54) is 18.2 Å². The number of nitrogens with one attached hydrogen (secondary N) is 2. The third kappa shape index (κ3) is 4.04. The third-order valence-corrected chi connectivity index (χ3v) is 6.64. The van der Waals surface area contributed by atoms with Crippen molar-refractivity contribution in [3.05, 3.63) is 65.5 Å². The first-order valence-corrected chi connectivity index (χ1v) is 10.6. The lowest BCUT2D eigenvalue weighted by molar-refractivity contribution is 0.0951. The first-order chi connectivity index (χ1) is 12.9. The number of carbonyl (C=O) groups is 1. The highest BCUT2D eigenvalue weighted by Crippen LogP contribution is 2.38. The zero-order chi connectivity index (χ0) is 19.0. The summed E-state index contributed by atoms with van der Waals surface area (Å²) in [7, 11) is -3.73. The predicted octanol–water partition coefficient (Wildman–Crippen LogP) is 2.94. The molecule has 0 aromatic heterocycles. The smallest absolute Gasteiger partial charge is 0.251 e. The van der Waals surface area contributed by atoms with E-state index < -0.39 is 10.0 Å². The minimum absolute atomic E-state index is 0.0227. The van der Waals surface area contributed by atoms with Crippen LogP contribution in [-0.4, -0.2) is 26.4 Å². The number of halogens is 1. The zero-order valence-corrected chi connectivity index (χ0v) is 15.5. The molecule has 0 radical (unpaired) electrons. The highest BCUT2D eigenvalue weighted by molar-refractivity contribution is 7.89. The first-order valence-electron chi connectivity index (χ1n) is 9.10. The van der Waals surface area contributed by atoms with Crippen LogP contribution < -0.4 is 10.0 Å². The van der Waals surface area contributed by atoms with Gasteiger partial charge in [-0.3, -0.25) is 4.79 Å². The molecule has 2 fully saturated rings. The van der Waals surface area contributed by atoms with E-state index in [9.17, 15) is 17.6 Å². The Hall–Kier alpha value is -2.25. The molecule has 0 spiro atoms. The molecule has 0 aliphatic heterocycles. The molecule has 2 N–H and O–H groups in total. The van der Waals surface area contributed by atoms with Gasteiger partial charge in [0.2, 0.25) is 10.0 Å². The predicted molar refractivity (Wildman–Crippen MR) is 99.4 cm³/mol. The Labute approximate surface area is 158 Å². The van der Waals surface area contributed by atoms with Crippen molar-refractivity contribution in [1.29, 1.82) is 0 Å². The van der Waals surface area contributed by atoms with Crippen molar-refractivity contribution in [2.75, 3.05) is 0 Å². The van der Waals surface area contributed by atoms with Crippen molar-refractivity contribution >= 4 is 15.9 Å². The van der Waals surface area contributed by atoms with Gasteiger partial charge in [0.15, 0.2) is 0 Å². The summed E-state index contributed by atoms with van der Waals surface area (Å²) in [6.45, 7) is 0. The van der Waals surface area contributed by atoms with Crippen LogP contribution in [0.2, 0.25) is 0 Å². The second-order valence-corrected chi connectivity index (χ2v) is 9.00. The van der Waals surface area contributed by atoms with Gasteiger partial charge in [-0.2, -0.15) is 0 Å². The molecule has 5 nitrogen and oxygen atoms in total. The Morgan fingerprint density at radius 1 is 1.00 bits per heavy atom. The van der Waals surface area contributed by atoms with Crippen molar-refractivity contribution in [3.63, 3.8) is 0 Å². The number of amides is 1. The van der Waals surface area contributed by atoms with E-state index in [-0.39, 0.29) is 34.6 Å². The van der Waals surface area contributed by atoms with E-state index in [4.69, 9.17) is 0 Å². The Bertz CT molecular complexity index is 967. The van der Waals surface area contributed by atoms with Gasteiger partial charge in [-0.25, -0.2) is 17.5 Å². The SMILES string of the molecule is O=C(NC1CC1)c1cccc(S(=O)(=O)NC2CC(c3ccccc3F)C2)c1. The van der Waals surface area contributed by atoms with Crippen LogP contribution in [0.1, 0.15) is 47.5 Å². The summed E-state index contributed by atoms with van der Waals surface area (Å²) < 4.78 is 41.8. The lowest BCUT2D eigenvalue weighted by atomic mass is 9.76. The number of carbonyl (C=O) groups excluding carboxylic acids is 1. The fourth-order valence-corrected chi connectivity index (χ4v) is 4.67. The van der Waals surface area contributed by atoms with E-state index in [0.29, 0.717) is 24.0 Å². The molecule has 0 bridgehead atoms. The lowest BCUT2D eigenvalue weighted by Gasteiger charge is -2.36. The van der Waals surface area contributed by atoms with Gasteiger partial charge in [0.1, 0.15) is 5.82 Å². The van der Waals surface area contributed by atoms with Crippen LogP contribution in [0.5, 0.6) is 0 Å². The molecular formula is C20H21FN2O3S. The van der Waals surface area contributed by atoms with E-state index >= 15 is 0 Å². The number of hydrogen-bond acceptors (Lipinski definition) is 3. The maximum Gasteiger partial charge on any atom is 0.251 e. The number of rotatable bonds is 6. The van der Waals surface area contributed by atoms with Crippen molar-refractivity contribution in [3.8, 4) is 0 Å². The Morgan fingerprint density at radius 2 is 1.74 bits per heavy atom. The molecule has 2 aliphatic carbocycles. The maximum atomic E-state index is 13.8. The van der Waals surface area contributed by atoms with Crippen molar-refractivity contribution in [2.45, 2.75) is 48.6 Å². The topological polar surface area (TPSA) is 75.3 Å². The standard InChI is InChI=1S/C20H21FN2O3S/c21-19-7-2-1-6-18(19)14-10-16(11-14)23-27(25,26)17-5-3-4-13(12-17)20(24)22-15-8-9-15/h1-7,12,14-16,23H,8-11H2,(H,22,24).